The summed E-state index contributed by atoms with van der Waals surface area (Å²) in [5.41, 5.74) is 1.57. The first-order chi connectivity index (χ1) is 11.2. The molecule has 0 atom stereocenters. The van der Waals surface area contributed by atoms with Gasteiger partial charge in [-0.1, -0.05) is 30.7 Å². The number of benzene rings is 2. The number of para-hydroxylation sites is 1. The molecule has 1 aliphatic rings. The second-order valence-corrected chi connectivity index (χ2v) is 5.78. The van der Waals surface area contributed by atoms with Crippen molar-refractivity contribution >= 4 is 11.6 Å². The molecule has 1 fully saturated rings. The van der Waals surface area contributed by atoms with E-state index in [2.05, 4.69) is 11.4 Å². The van der Waals surface area contributed by atoms with Crippen LogP contribution in [0.25, 0.3) is 0 Å². The Morgan fingerprint density at radius 3 is 2.65 bits per heavy atom. The zero-order valence-electron chi connectivity index (χ0n) is 13.0. The van der Waals surface area contributed by atoms with Gasteiger partial charge in [0.05, 0.1) is 24.2 Å². The summed E-state index contributed by atoms with van der Waals surface area (Å²) in [7, 11) is 1.62. The van der Waals surface area contributed by atoms with E-state index in [4.69, 9.17) is 10.00 Å². The Balaban J connectivity index is 1.91. The Hall–Kier alpha value is -2.80. The van der Waals surface area contributed by atoms with Crippen molar-refractivity contribution in [2.24, 2.45) is 0 Å². The normalized spacial score (nSPS) is 15.1. The van der Waals surface area contributed by atoms with Crippen molar-refractivity contribution in [1.82, 2.24) is 0 Å². The highest BCUT2D eigenvalue weighted by atomic mass is 16.5. The van der Waals surface area contributed by atoms with Crippen LogP contribution in [0.2, 0.25) is 0 Å². The first kappa shape index (κ1) is 15.1. The summed E-state index contributed by atoms with van der Waals surface area (Å²) >= 11 is 0. The third kappa shape index (κ3) is 2.66. The average Bonchev–Trinajstić information content (AvgIpc) is 2.54. The summed E-state index contributed by atoms with van der Waals surface area (Å²) in [4.78, 5) is 12.9. The molecule has 4 heteroatoms. The monoisotopic (exact) mass is 306 g/mol. The van der Waals surface area contributed by atoms with E-state index in [0.29, 0.717) is 11.3 Å². The largest absolute Gasteiger partial charge is 0.496 e. The minimum atomic E-state index is -0.546. The van der Waals surface area contributed by atoms with Gasteiger partial charge in [0.2, 0.25) is 5.91 Å². The van der Waals surface area contributed by atoms with Gasteiger partial charge in [0.25, 0.3) is 0 Å². The highest BCUT2D eigenvalue weighted by Crippen LogP contribution is 2.47. The molecule has 1 N–H and O–H groups in total. The van der Waals surface area contributed by atoms with Crippen molar-refractivity contribution in [3.05, 3.63) is 59.7 Å². The number of methoxy groups -OCH3 is 1. The molecule has 1 amide bonds. The van der Waals surface area contributed by atoms with Crippen LogP contribution in [-0.4, -0.2) is 13.0 Å². The smallest absolute Gasteiger partial charge is 0.235 e. The van der Waals surface area contributed by atoms with Crippen molar-refractivity contribution in [3.8, 4) is 11.8 Å². The Labute approximate surface area is 135 Å². The molecule has 1 saturated carbocycles. The van der Waals surface area contributed by atoms with Crippen molar-refractivity contribution in [2.75, 3.05) is 12.4 Å². The molecular formula is C19H18N2O2. The zero-order chi connectivity index (χ0) is 16.3. The molecule has 2 aromatic rings. The van der Waals surface area contributed by atoms with Gasteiger partial charge in [-0.15, -0.1) is 0 Å². The lowest BCUT2D eigenvalue weighted by molar-refractivity contribution is -0.124. The Bertz CT molecular complexity index is 773. The van der Waals surface area contributed by atoms with E-state index in [-0.39, 0.29) is 5.91 Å². The molecule has 0 aromatic heterocycles. The number of carbonyl (C=O) groups is 1. The highest BCUT2D eigenvalue weighted by molar-refractivity contribution is 6.00. The standard InChI is InChI=1S/C19H18N2O2/c1-23-17-9-3-2-8-16(17)19(10-5-11-19)18(22)21-15-7-4-6-14(12-15)13-20/h2-4,6-9,12H,5,10-11H2,1H3,(H,21,22). The van der Waals surface area contributed by atoms with E-state index in [1.54, 1.807) is 31.4 Å². The fourth-order valence-electron chi connectivity index (χ4n) is 3.11. The molecule has 0 aliphatic heterocycles. The molecule has 0 unspecified atom stereocenters. The first-order valence-electron chi connectivity index (χ1n) is 7.65. The second kappa shape index (κ2) is 6.13. The zero-order valence-corrected chi connectivity index (χ0v) is 13.0. The van der Waals surface area contributed by atoms with Gasteiger partial charge in [-0.05, 0) is 37.1 Å². The number of nitriles is 1. The fourth-order valence-corrected chi connectivity index (χ4v) is 3.11. The lowest BCUT2D eigenvalue weighted by Crippen LogP contribution is -2.46. The van der Waals surface area contributed by atoms with Gasteiger partial charge in [-0.25, -0.2) is 0 Å². The highest BCUT2D eigenvalue weighted by Gasteiger charge is 2.47. The molecule has 3 rings (SSSR count). The summed E-state index contributed by atoms with van der Waals surface area (Å²) in [6, 6.07) is 16.7. The third-order valence-corrected chi connectivity index (χ3v) is 4.51. The topological polar surface area (TPSA) is 62.1 Å². The van der Waals surface area contributed by atoms with Crippen LogP contribution < -0.4 is 10.1 Å². The molecule has 2 aromatic carbocycles. The van der Waals surface area contributed by atoms with Crippen LogP contribution in [-0.2, 0) is 10.2 Å². The number of ether oxygens (including phenoxy) is 1. The molecule has 0 heterocycles. The molecule has 0 saturated heterocycles. The maximum absolute atomic E-state index is 12.9. The predicted molar refractivity (Wildman–Crippen MR) is 88.3 cm³/mol. The maximum atomic E-state index is 12.9. The third-order valence-electron chi connectivity index (χ3n) is 4.51. The summed E-state index contributed by atoms with van der Waals surface area (Å²) in [6.45, 7) is 0. The molecule has 23 heavy (non-hydrogen) atoms. The van der Waals surface area contributed by atoms with Crippen molar-refractivity contribution in [2.45, 2.75) is 24.7 Å². The number of hydrogen-bond acceptors (Lipinski definition) is 3. The molecule has 0 radical (unpaired) electrons. The second-order valence-electron chi connectivity index (χ2n) is 5.78. The average molecular weight is 306 g/mol. The lowest BCUT2D eigenvalue weighted by Gasteiger charge is -2.41. The van der Waals surface area contributed by atoms with Gasteiger partial charge < -0.3 is 10.1 Å². The van der Waals surface area contributed by atoms with Gasteiger partial charge in [-0.3, -0.25) is 4.79 Å². The van der Waals surface area contributed by atoms with Crippen LogP contribution in [0, 0.1) is 11.3 Å². The quantitative estimate of drug-likeness (QED) is 0.938. The van der Waals surface area contributed by atoms with E-state index < -0.39 is 5.41 Å². The number of anilines is 1. The van der Waals surface area contributed by atoms with Crippen molar-refractivity contribution in [3.63, 3.8) is 0 Å². The number of nitrogens with one attached hydrogen (secondary N) is 1. The lowest BCUT2D eigenvalue weighted by atomic mass is 9.63. The molecule has 0 bridgehead atoms. The Kier molecular flexibility index (Phi) is 4.03. The van der Waals surface area contributed by atoms with E-state index >= 15 is 0 Å². The van der Waals surface area contributed by atoms with Gasteiger partial charge in [0.15, 0.2) is 0 Å². The fraction of sp³-hybridized carbons (Fsp3) is 0.263. The van der Waals surface area contributed by atoms with E-state index in [0.717, 1.165) is 30.6 Å². The van der Waals surface area contributed by atoms with Crippen LogP contribution in [0.3, 0.4) is 0 Å². The molecule has 116 valence electrons. The van der Waals surface area contributed by atoms with Crippen LogP contribution in [0.1, 0.15) is 30.4 Å². The van der Waals surface area contributed by atoms with Crippen LogP contribution in [0.15, 0.2) is 48.5 Å². The number of hydrogen-bond donors (Lipinski definition) is 1. The first-order valence-corrected chi connectivity index (χ1v) is 7.65. The molecule has 4 nitrogen and oxygen atoms in total. The Morgan fingerprint density at radius 2 is 2.00 bits per heavy atom. The molecule has 1 aliphatic carbocycles. The number of rotatable bonds is 4. The van der Waals surface area contributed by atoms with E-state index in [9.17, 15) is 4.79 Å². The molecular weight excluding hydrogens is 288 g/mol. The summed E-state index contributed by atoms with van der Waals surface area (Å²) < 4.78 is 5.44. The minimum absolute atomic E-state index is 0.0386. The summed E-state index contributed by atoms with van der Waals surface area (Å²) in [6.07, 6.45) is 2.62. The van der Waals surface area contributed by atoms with Crippen LogP contribution in [0.5, 0.6) is 5.75 Å². The van der Waals surface area contributed by atoms with Gasteiger partial charge in [-0.2, -0.15) is 5.26 Å². The van der Waals surface area contributed by atoms with Crippen LogP contribution >= 0.6 is 0 Å². The van der Waals surface area contributed by atoms with Gasteiger partial charge in [0, 0.05) is 11.3 Å². The van der Waals surface area contributed by atoms with Crippen molar-refractivity contribution in [1.29, 1.82) is 5.26 Å². The van der Waals surface area contributed by atoms with Crippen LogP contribution in [0.4, 0.5) is 5.69 Å². The van der Waals surface area contributed by atoms with Gasteiger partial charge >= 0.3 is 0 Å². The summed E-state index contributed by atoms with van der Waals surface area (Å²) in [5.74, 6) is 0.705. The van der Waals surface area contributed by atoms with E-state index in [1.165, 1.54) is 0 Å². The minimum Gasteiger partial charge on any atom is -0.496 e. The van der Waals surface area contributed by atoms with Gasteiger partial charge in [0.1, 0.15) is 5.75 Å². The predicted octanol–water partition coefficient (Wildman–Crippen LogP) is 3.63. The van der Waals surface area contributed by atoms with E-state index in [1.807, 2.05) is 24.3 Å². The number of carbonyl (C=O) groups excluding carboxylic acids is 1. The number of nitrogens with zero attached hydrogens (tertiary/aromatic N) is 1. The summed E-state index contributed by atoms with van der Waals surface area (Å²) in [5, 5.41) is 11.9. The Morgan fingerprint density at radius 1 is 1.22 bits per heavy atom. The molecule has 0 spiro atoms. The SMILES string of the molecule is COc1ccccc1C1(C(=O)Nc2cccc(C#N)c2)CCC1. The number of amides is 1. The van der Waals surface area contributed by atoms with Crippen molar-refractivity contribution < 1.29 is 9.53 Å². The maximum Gasteiger partial charge on any atom is 0.235 e.